The standard InChI is InChI=1S/C56H88O6/c1-4-7-10-13-16-19-21-23-25-27-29-30-32-34-37-40-43-46-49-55(58)61-52-53(51-60-54(57)48-45-42-39-36-18-15-12-9-6-3)62-56(59)50-47-44-41-38-35-33-31-28-26-24-22-20-17-14-11-8-5-2/h8,10-11,13,16-17,19-21,23-27,29-31,33,38,41,53H,4-7,9,12,14-15,18,22,28,32,34-37,39-40,42-52H2,1-3H3/b11-8-,13-10-,19-16-,20-17-,23-21-,26-24-,27-25-,30-29-,33-31-,41-38-. The van der Waals surface area contributed by atoms with Crippen molar-refractivity contribution in [2.75, 3.05) is 13.2 Å². The maximum absolute atomic E-state index is 12.7. The first-order valence-corrected chi connectivity index (χ1v) is 24.6. The minimum Gasteiger partial charge on any atom is -0.462 e. The Balaban J connectivity index is 4.52. The summed E-state index contributed by atoms with van der Waals surface area (Å²) in [6.07, 6.45) is 67.5. The van der Waals surface area contributed by atoms with Crippen LogP contribution in [-0.2, 0) is 28.6 Å². The van der Waals surface area contributed by atoms with Crippen LogP contribution < -0.4 is 0 Å². The van der Waals surface area contributed by atoms with Crippen molar-refractivity contribution in [2.45, 2.75) is 200 Å². The minimum absolute atomic E-state index is 0.112. The molecule has 6 heteroatoms. The maximum atomic E-state index is 12.7. The monoisotopic (exact) mass is 857 g/mol. The number of carbonyl (C=O) groups is 3. The first kappa shape index (κ1) is 57.8. The van der Waals surface area contributed by atoms with Gasteiger partial charge >= 0.3 is 17.9 Å². The van der Waals surface area contributed by atoms with Crippen LogP contribution in [0, 0.1) is 0 Å². The first-order chi connectivity index (χ1) is 30.5. The highest BCUT2D eigenvalue weighted by Gasteiger charge is 2.19. The van der Waals surface area contributed by atoms with E-state index in [0.29, 0.717) is 19.3 Å². The molecular formula is C56H88O6. The Bertz CT molecular complexity index is 1350. The van der Waals surface area contributed by atoms with E-state index in [2.05, 4.69) is 106 Å². The fourth-order valence-corrected chi connectivity index (χ4v) is 6.15. The summed E-state index contributed by atoms with van der Waals surface area (Å²) in [5, 5.41) is 0. The number of hydrogen-bond acceptors (Lipinski definition) is 6. The molecule has 0 N–H and O–H groups in total. The molecule has 0 bridgehead atoms. The SMILES string of the molecule is CC/C=C\C/C=C\C/C=C\C/C=C\C/C=C\CCCC(=O)OC(COC(=O)CCCCCCC\C=C/C=C\C=C/C=C\C=C/CCC)COC(=O)CCCCCCCCCCC. The zero-order chi connectivity index (χ0) is 45.1. The molecule has 0 radical (unpaired) electrons. The van der Waals surface area contributed by atoms with E-state index >= 15 is 0 Å². The predicted octanol–water partition coefficient (Wildman–Crippen LogP) is 16.1. The van der Waals surface area contributed by atoms with Crippen LogP contribution in [0.4, 0.5) is 0 Å². The molecule has 0 saturated heterocycles. The van der Waals surface area contributed by atoms with Crippen molar-refractivity contribution in [3.63, 3.8) is 0 Å². The van der Waals surface area contributed by atoms with Crippen LogP contribution >= 0.6 is 0 Å². The van der Waals surface area contributed by atoms with Gasteiger partial charge in [-0.05, 0) is 77.0 Å². The molecule has 0 heterocycles. The van der Waals surface area contributed by atoms with Gasteiger partial charge in [0.15, 0.2) is 6.10 Å². The summed E-state index contributed by atoms with van der Waals surface area (Å²) < 4.78 is 16.7. The summed E-state index contributed by atoms with van der Waals surface area (Å²) in [7, 11) is 0. The Labute approximate surface area is 380 Å². The van der Waals surface area contributed by atoms with E-state index in [1.54, 1.807) is 0 Å². The molecular weight excluding hydrogens is 769 g/mol. The molecule has 0 rings (SSSR count). The van der Waals surface area contributed by atoms with Gasteiger partial charge in [-0.25, -0.2) is 0 Å². The quantitative estimate of drug-likeness (QED) is 0.0200. The molecule has 0 aromatic rings. The van der Waals surface area contributed by atoms with Crippen LogP contribution in [0.2, 0.25) is 0 Å². The van der Waals surface area contributed by atoms with Crippen molar-refractivity contribution in [2.24, 2.45) is 0 Å². The maximum Gasteiger partial charge on any atom is 0.306 e. The molecule has 62 heavy (non-hydrogen) atoms. The van der Waals surface area contributed by atoms with Crippen LogP contribution in [0.1, 0.15) is 194 Å². The van der Waals surface area contributed by atoms with Crippen molar-refractivity contribution in [1.82, 2.24) is 0 Å². The third kappa shape index (κ3) is 46.9. The van der Waals surface area contributed by atoms with Gasteiger partial charge in [0.25, 0.3) is 0 Å². The number of ether oxygens (including phenoxy) is 3. The topological polar surface area (TPSA) is 78.9 Å². The second kappa shape index (κ2) is 49.5. The van der Waals surface area contributed by atoms with Crippen molar-refractivity contribution >= 4 is 17.9 Å². The van der Waals surface area contributed by atoms with Gasteiger partial charge < -0.3 is 14.2 Å². The van der Waals surface area contributed by atoms with Gasteiger partial charge in [-0.3, -0.25) is 14.4 Å². The van der Waals surface area contributed by atoms with Crippen molar-refractivity contribution in [1.29, 1.82) is 0 Å². The molecule has 1 atom stereocenters. The molecule has 0 aliphatic heterocycles. The number of allylic oxidation sites excluding steroid dienone is 20. The molecule has 0 saturated carbocycles. The number of hydrogen-bond donors (Lipinski definition) is 0. The van der Waals surface area contributed by atoms with E-state index in [1.807, 2.05) is 36.5 Å². The molecule has 0 spiro atoms. The lowest BCUT2D eigenvalue weighted by Crippen LogP contribution is -2.30. The molecule has 0 aliphatic carbocycles. The Hall–Kier alpha value is -4.19. The van der Waals surface area contributed by atoms with E-state index in [1.165, 1.54) is 44.9 Å². The third-order valence-corrected chi connectivity index (χ3v) is 9.81. The van der Waals surface area contributed by atoms with Crippen LogP contribution in [0.15, 0.2) is 122 Å². The normalized spacial score (nSPS) is 13.1. The summed E-state index contributed by atoms with van der Waals surface area (Å²) in [6, 6.07) is 0. The van der Waals surface area contributed by atoms with Gasteiger partial charge in [0.05, 0.1) is 0 Å². The largest absolute Gasteiger partial charge is 0.462 e. The average Bonchev–Trinajstić information content (AvgIpc) is 3.27. The van der Waals surface area contributed by atoms with Crippen molar-refractivity contribution in [3.05, 3.63) is 122 Å². The van der Waals surface area contributed by atoms with Crippen molar-refractivity contribution < 1.29 is 28.6 Å². The predicted molar refractivity (Wildman–Crippen MR) is 265 cm³/mol. The second-order valence-corrected chi connectivity index (χ2v) is 15.8. The van der Waals surface area contributed by atoms with E-state index < -0.39 is 6.10 Å². The molecule has 0 aromatic heterocycles. The summed E-state index contributed by atoms with van der Waals surface area (Å²) in [4.78, 5) is 37.8. The Morgan fingerprint density at radius 3 is 1.23 bits per heavy atom. The summed E-state index contributed by atoms with van der Waals surface area (Å²) in [5.74, 6) is -1.01. The van der Waals surface area contributed by atoms with E-state index in [-0.39, 0.29) is 37.5 Å². The smallest absolute Gasteiger partial charge is 0.306 e. The number of esters is 3. The van der Waals surface area contributed by atoms with Gasteiger partial charge in [-0.15, -0.1) is 0 Å². The highest BCUT2D eigenvalue weighted by Crippen LogP contribution is 2.13. The number of rotatable bonds is 42. The van der Waals surface area contributed by atoms with Gasteiger partial charge in [0.1, 0.15) is 13.2 Å². The number of unbranched alkanes of at least 4 members (excludes halogenated alkanes) is 15. The van der Waals surface area contributed by atoms with E-state index in [9.17, 15) is 14.4 Å². The summed E-state index contributed by atoms with van der Waals surface area (Å²) in [6.45, 7) is 6.32. The number of carbonyl (C=O) groups excluding carboxylic acids is 3. The molecule has 0 aliphatic rings. The Morgan fingerprint density at radius 1 is 0.355 bits per heavy atom. The van der Waals surface area contributed by atoms with E-state index in [4.69, 9.17) is 14.2 Å². The minimum atomic E-state index is -0.819. The highest BCUT2D eigenvalue weighted by atomic mass is 16.6. The zero-order valence-electron chi connectivity index (χ0n) is 39.6. The van der Waals surface area contributed by atoms with Gasteiger partial charge in [0, 0.05) is 19.3 Å². The fourth-order valence-electron chi connectivity index (χ4n) is 6.15. The average molecular weight is 857 g/mol. The van der Waals surface area contributed by atoms with E-state index in [0.717, 1.165) is 103 Å². The molecule has 0 fully saturated rings. The second-order valence-electron chi connectivity index (χ2n) is 15.8. The van der Waals surface area contributed by atoms with Crippen molar-refractivity contribution in [3.8, 4) is 0 Å². The Kier molecular flexibility index (Phi) is 46.1. The lowest BCUT2D eigenvalue weighted by Gasteiger charge is -2.18. The van der Waals surface area contributed by atoms with Gasteiger partial charge in [-0.2, -0.15) is 0 Å². The fraction of sp³-hybridized carbons (Fsp3) is 0.589. The first-order valence-electron chi connectivity index (χ1n) is 24.6. The molecule has 348 valence electrons. The lowest BCUT2D eigenvalue weighted by molar-refractivity contribution is -0.167. The summed E-state index contributed by atoms with van der Waals surface area (Å²) >= 11 is 0. The molecule has 0 aromatic carbocycles. The van der Waals surface area contributed by atoms with Crippen LogP contribution in [-0.4, -0.2) is 37.2 Å². The highest BCUT2D eigenvalue weighted by molar-refractivity contribution is 5.71. The molecule has 0 amide bonds. The lowest BCUT2D eigenvalue weighted by atomic mass is 10.1. The van der Waals surface area contributed by atoms with Crippen LogP contribution in [0.5, 0.6) is 0 Å². The Morgan fingerprint density at radius 2 is 0.742 bits per heavy atom. The van der Waals surface area contributed by atoms with Gasteiger partial charge in [-0.1, -0.05) is 219 Å². The van der Waals surface area contributed by atoms with Crippen LogP contribution in [0.3, 0.4) is 0 Å². The van der Waals surface area contributed by atoms with Gasteiger partial charge in [0.2, 0.25) is 0 Å². The van der Waals surface area contributed by atoms with Crippen LogP contribution in [0.25, 0.3) is 0 Å². The molecule has 1 unspecified atom stereocenters. The third-order valence-electron chi connectivity index (χ3n) is 9.81. The summed E-state index contributed by atoms with van der Waals surface area (Å²) in [5.41, 5.74) is 0. The molecule has 6 nitrogen and oxygen atoms in total. The zero-order valence-corrected chi connectivity index (χ0v) is 39.6.